The summed E-state index contributed by atoms with van der Waals surface area (Å²) in [5.41, 5.74) is 6.83. The van der Waals surface area contributed by atoms with E-state index in [0.717, 1.165) is 16.7 Å². The van der Waals surface area contributed by atoms with E-state index in [1.165, 1.54) is 17.0 Å². The van der Waals surface area contributed by atoms with E-state index in [1.807, 2.05) is 0 Å². The lowest BCUT2D eigenvalue weighted by Crippen LogP contribution is -2.52. The van der Waals surface area contributed by atoms with Crippen molar-refractivity contribution in [2.24, 2.45) is 5.73 Å². The van der Waals surface area contributed by atoms with Crippen LogP contribution in [-0.2, 0) is 36.0 Å². The van der Waals surface area contributed by atoms with Crippen LogP contribution < -0.4 is 11.1 Å². The normalized spacial score (nSPS) is 19.9. The minimum Gasteiger partial charge on any atom is -0.508 e. The Kier molecular flexibility index (Phi) is 6.05. The summed E-state index contributed by atoms with van der Waals surface area (Å²) in [5.74, 6) is -3.61. The van der Waals surface area contributed by atoms with E-state index in [-0.39, 0.29) is 37.6 Å². The van der Waals surface area contributed by atoms with Gasteiger partial charge < -0.3 is 25.6 Å². The van der Waals surface area contributed by atoms with Gasteiger partial charge in [0.05, 0.1) is 12.1 Å². The molecule has 2 aromatic carbocycles. The molecule has 196 valence electrons. The van der Waals surface area contributed by atoms with Gasteiger partial charge in [-0.1, -0.05) is 6.07 Å². The van der Waals surface area contributed by atoms with Crippen LogP contribution in [0.1, 0.15) is 35.6 Å². The number of hydrogen-bond acceptors (Lipinski definition) is 6. The molecule has 5 rings (SSSR count). The molecule has 1 aliphatic heterocycles. The average Bonchev–Trinajstić information content (AvgIpc) is 3.41. The fourth-order valence-electron chi connectivity index (χ4n) is 5.20. The maximum absolute atomic E-state index is 14.3. The highest BCUT2D eigenvalue weighted by Crippen LogP contribution is 2.44. The molecule has 3 aromatic rings. The number of hydrogen-bond donors (Lipinski definition) is 3. The van der Waals surface area contributed by atoms with Crippen molar-refractivity contribution in [2.45, 2.75) is 50.1 Å². The molecule has 0 fully saturated rings. The predicted octanol–water partition coefficient (Wildman–Crippen LogP) is 3.29. The molecule has 0 bridgehead atoms. The zero-order chi connectivity index (χ0) is 26.5. The number of nitrogens with zero attached hydrogens (tertiary/aromatic N) is 4. The van der Waals surface area contributed by atoms with Gasteiger partial charge in [0.15, 0.2) is 17.5 Å². The number of amides is 1. The van der Waals surface area contributed by atoms with Crippen LogP contribution in [0.3, 0.4) is 0 Å². The summed E-state index contributed by atoms with van der Waals surface area (Å²) in [4.78, 5) is 14.6. The van der Waals surface area contributed by atoms with Gasteiger partial charge in [-0.05, 0) is 48.2 Å². The van der Waals surface area contributed by atoms with E-state index in [2.05, 4.69) is 15.5 Å². The molecule has 2 aliphatic rings. The molecule has 8 nitrogen and oxygen atoms in total. The Morgan fingerprint density at radius 3 is 2.65 bits per heavy atom. The lowest BCUT2D eigenvalue weighted by Gasteiger charge is -2.39. The maximum atomic E-state index is 14.3. The highest BCUT2D eigenvalue weighted by Gasteiger charge is 2.46. The predicted molar refractivity (Wildman–Crippen MR) is 121 cm³/mol. The third kappa shape index (κ3) is 4.47. The van der Waals surface area contributed by atoms with Gasteiger partial charge >= 0.3 is 6.18 Å². The first-order chi connectivity index (χ1) is 17.5. The Labute approximate surface area is 207 Å². The number of halogens is 5. The summed E-state index contributed by atoms with van der Waals surface area (Å²) >= 11 is 0. The van der Waals surface area contributed by atoms with Gasteiger partial charge in [0.2, 0.25) is 11.7 Å². The van der Waals surface area contributed by atoms with Gasteiger partial charge in [0, 0.05) is 37.3 Å². The lowest BCUT2D eigenvalue weighted by molar-refractivity contribution is -0.148. The third-order valence-electron chi connectivity index (χ3n) is 7.02. The Hall–Kier alpha value is -3.74. The number of fused-ring (bicyclic) bond motifs is 2. The van der Waals surface area contributed by atoms with Gasteiger partial charge in [-0.3, -0.25) is 4.79 Å². The van der Waals surface area contributed by atoms with E-state index >= 15 is 0 Å². The first-order valence-corrected chi connectivity index (χ1v) is 11.6. The van der Waals surface area contributed by atoms with Gasteiger partial charge in [0.25, 0.3) is 0 Å². The molecular weight excluding hydrogens is 499 g/mol. The quantitative estimate of drug-likeness (QED) is 0.444. The standard InChI is InChI=1S/C24H23F5N6O2/c25-17-8-13-4-5-23(16(13)10-18(17)26,31-14-2-1-3-15(36)9-14)19(30)11-21(37)34-6-7-35-20(12-34)32-33-22(35)24(27,28)29/h1-3,8-10,19,31,36H,4-7,11-12,30H2. The van der Waals surface area contributed by atoms with Crippen LogP contribution in [0.15, 0.2) is 36.4 Å². The summed E-state index contributed by atoms with van der Waals surface area (Å²) in [6.45, 7) is -0.292. The second kappa shape index (κ2) is 8.98. The Balaban J connectivity index is 1.41. The van der Waals surface area contributed by atoms with E-state index in [1.54, 1.807) is 12.1 Å². The second-order valence-electron chi connectivity index (χ2n) is 9.29. The molecule has 2 unspecified atom stereocenters. The number of phenols is 1. The van der Waals surface area contributed by atoms with Crippen molar-refractivity contribution in [1.82, 2.24) is 19.7 Å². The molecule has 0 saturated heterocycles. The molecule has 4 N–H and O–H groups in total. The largest absolute Gasteiger partial charge is 0.508 e. The monoisotopic (exact) mass is 522 g/mol. The number of aromatic hydroxyl groups is 1. The number of aromatic nitrogens is 3. The summed E-state index contributed by atoms with van der Waals surface area (Å²) in [5, 5.41) is 20.0. The molecule has 37 heavy (non-hydrogen) atoms. The average molecular weight is 522 g/mol. The van der Waals surface area contributed by atoms with Crippen molar-refractivity contribution in [2.75, 3.05) is 11.9 Å². The Morgan fingerprint density at radius 1 is 1.16 bits per heavy atom. The smallest absolute Gasteiger partial charge is 0.451 e. The zero-order valence-electron chi connectivity index (χ0n) is 19.4. The maximum Gasteiger partial charge on any atom is 0.451 e. The number of nitrogens with two attached hydrogens (primary N) is 1. The number of rotatable bonds is 5. The van der Waals surface area contributed by atoms with Crippen LogP contribution in [-0.4, -0.2) is 43.3 Å². The van der Waals surface area contributed by atoms with Crippen molar-refractivity contribution in [3.8, 4) is 5.75 Å². The van der Waals surface area contributed by atoms with E-state index < -0.39 is 41.1 Å². The van der Waals surface area contributed by atoms with Crippen LogP contribution in [0.25, 0.3) is 0 Å². The molecule has 0 spiro atoms. The molecule has 2 heterocycles. The van der Waals surface area contributed by atoms with Crippen LogP contribution in [0.2, 0.25) is 0 Å². The first-order valence-electron chi connectivity index (χ1n) is 11.6. The molecule has 2 atom stereocenters. The number of phenolic OH excluding ortho intramolecular Hbond substituents is 1. The Morgan fingerprint density at radius 2 is 1.92 bits per heavy atom. The van der Waals surface area contributed by atoms with Crippen molar-refractivity contribution < 1.29 is 31.9 Å². The van der Waals surface area contributed by atoms with Crippen molar-refractivity contribution in [3.05, 3.63) is 70.8 Å². The van der Waals surface area contributed by atoms with Crippen molar-refractivity contribution in [1.29, 1.82) is 0 Å². The van der Waals surface area contributed by atoms with Gasteiger partial charge in [0.1, 0.15) is 5.75 Å². The molecule has 1 aliphatic carbocycles. The van der Waals surface area contributed by atoms with E-state index in [9.17, 15) is 31.9 Å². The zero-order valence-corrected chi connectivity index (χ0v) is 19.4. The number of benzene rings is 2. The first kappa shape index (κ1) is 24.9. The van der Waals surface area contributed by atoms with Crippen LogP contribution >= 0.6 is 0 Å². The number of anilines is 1. The van der Waals surface area contributed by atoms with Gasteiger partial charge in [-0.2, -0.15) is 13.2 Å². The van der Waals surface area contributed by atoms with Gasteiger partial charge in [-0.25, -0.2) is 8.78 Å². The number of carbonyl (C=O) groups excluding carboxylic acids is 1. The molecule has 13 heteroatoms. The number of aryl methyl sites for hydroxylation is 1. The van der Waals surface area contributed by atoms with Crippen LogP contribution in [0.5, 0.6) is 5.75 Å². The molecule has 0 radical (unpaired) electrons. The fourth-order valence-corrected chi connectivity index (χ4v) is 5.20. The number of carbonyl (C=O) groups is 1. The lowest BCUT2D eigenvalue weighted by atomic mass is 9.82. The second-order valence-corrected chi connectivity index (χ2v) is 9.29. The molecule has 0 saturated carbocycles. The minimum absolute atomic E-state index is 0.00306. The highest BCUT2D eigenvalue weighted by atomic mass is 19.4. The van der Waals surface area contributed by atoms with E-state index in [4.69, 9.17) is 5.73 Å². The fraction of sp³-hybridized carbons (Fsp3) is 0.375. The van der Waals surface area contributed by atoms with E-state index in [0.29, 0.717) is 29.7 Å². The molecule has 1 aromatic heterocycles. The summed E-state index contributed by atoms with van der Waals surface area (Å²) in [6, 6.07) is 7.44. The molecule has 1 amide bonds. The van der Waals surface area contributed by atoms with Gasteiger partial charge in [-0.15, -0.1) is 10.2 Å². The number of alkyl halides is 3. The molecular formula is C24H23F5N6O2. The topological polar surface area (TPSA) is 109 Å². The Bertz CT molecular complexity index is 1360. The van der Waals surface area contributed by atoms with Crippen LogP contribution in [0, 0.1) is 11.6 Å². The summed E-state index contributed by atoms with van der Waals surface area (Å²) < 4.78 is 68.6. The SMILES string of the molecule is NC(CC(=O)N1CCn2c(nnc2C(F)(F)F)C1)C1(Nc2cccc(O)c2)CCc2cc(F)c(F)cc21. The number of nitrogens with one attached hydrogen (secondary N) is 1. The van der Waals surface area contributed by atoms with Crippen molar-refractivity contribution in [3.63, 3.8) is 0 Å². The van der Waals surface area contributed by atoms with Crippen molar-refractivity contribution >= 4 is 11.6 Å². The minimum atomic E-state index is -4.66. The summed E-state index contributed by atoms with van der Waals surface area (Å²) in [7, 11) is 0. The summed E-state index contributed by atoms with van der Waals surface area (Å²) in [6.07, 6.45) is -4.20. The van der Waals surface area contributed by atoms with Crippen LogP contribution in [0.4, 0.5) is 27.6 Å². The third-order valence-corrected chi connectivity index (χ3v) is 7.02. The highest BCUT2D eigenvalue weighted by molar-refractivity contribution is 5.77.